The van der Waals surface area contributed by atoms with E-state index in [4.69, 9.17) is 5.73 Å². The fraction of sp³-hybridized carbons (Fsp3) is 0.400. The molecule has 96 valence electrons. The Kier molecular flexibility index (Phi) is 5.30. The highest BCUT2D eigenvalue weighted by atomic mass is 79.9. The highest BCUT2D eigenvalue weighted by molar-refractivity contribution is 9.10. The van der Waals surface area contributed by atoms with Gasteiger partial charge in [-0.15, -0.1) is 0 Å². The van der Waals surface area contributed by atoms with Gasteiger partial charge in [0.05, 0.1) is 5.69 Å². The normalized spacial score (nSPS) is 12.0. The lowest BCUT2D eigenvalue weighted by molar-refractivity contribution is 0.489. The lowest BCUT2D eigenvalue weighted by atomic mass is 10.3. The number of nitrogens with zero attached hydrogens (tertiary/aromatic N) is 1. The molecule has 0 fully saturated rings. The van der Waals surface area contributed by atoms with E-state index in [9.17, 15) is 8.42 Å². The van der Waals surface area contributed by atoms with Gasteiger partial charge in [-0.05, 0) is 24.5 Å². The van der Waals surface area contributed by atoms with E-state index in [1.807, 2.05) is 6.26 Å². The highest BCUT2D eigenvalue weighted by Crippen LogP contribution is 2.25. The zero-order chi connectivity index (χ0) is 13.1. The van der Waals surface area contributed by atoms with Crippen molar-refractivity contribution >= 4 is 43.4 Å². The molecule has 0 aliphatic carbocycles. The molecule has 1 aromatic carbocycles. The van der Waals surface area contributed by atoms with E-state index >= 15 is 0 Å². The first-order valence-corrected chi connectivity index (χ1v) is 8.52. The van der Waals surface area contributed by atoms with Gasteiger partial charge in [0.15, 0.2) is 0 Å². The van der Waals surface area contributed by atoms with Gasteiger partial charge in [-0.1, -0.05) is 15.9 Å². The molecule has 0 spiro atoms. The maximum atomic E-state index is 12.2. The van der Waals surface area contributed by atoms with Crippen molar-refractivity contribution in [2.75, 3.05) is 31.3 Å². The summed E-state index contributed by atoms with van der Waals surface area (Å²) in [5.74, 6) is 0.756. The number of thioether (sulfide) groups is 1. The summed E-state index contributed by atoms with van der Waals surface area (Å²) in [6.07, 6.45) is 1.94. The van der Waals surface area contributed by atoms with Crippen molar-refractivity contribution in [3.05, 3.63) is 22.7 Å². The quantitative estimate of drug-likeness (QED) is 0.834. The van der Waals surface area contributed by atoms with Crippen LogP contribution >= 0.6 is 27.7 Å². The average molecular weight is 339 g/mol. The van der Waals surface area contributed by atoms with Gasteiger partial charge in [0, 0.05) is 23.8 Å². The molecule has 0 saturated heterocycles. The Morgan fingerprint density at radius 2 is 2.12 bits per heavy atom. The first kappa shape index (κ1) is 14.8. The molecule has 17 heavy (non-hydrogen) atoms. The second-order valence-electron chi connectivity index (χ2n) is 3.50. The summed E-state index contributed by atoms with van der Waals surface area (Å²) in [6, 6.07) is 4.78. The minimum Gasteiger partial charge on any atom is -0.398 e. The number of nitrogens with two attached hydrogens (primary N) is 1. The minimum absolute atomic E-state index is 0.157. The second-order valence-corrected chi connectivity index (χ2v) is 7.42. The highest BCUT2D eigenvalue weighted by Gasteiger charge is 2.22. The van der Waals surface area contributed by atoms with Crippen molar-refractivity contribution in [1.29, 1.82) is 0 Å². The van der Waals surface area contributed by atoms with Crippen LogP contribution in [-0.2, 0) is 10.0 Å². The average Bonchev–Trinajstić information content (AvgIpc) is 2.25. The maximum absolute atomic E-state index is 12.2. The van der Waals surface area contributed by atoms with Crippen molar-refractivity contribution in [3.63, 3.8) is 0 Å². The Hall–Kier alpha value is -0.240. The summed E-state index contributed by atoms with van der Waals surface area (Å²) in [5, 5.41) is 0. The van der Waals surface area contributed by atoms with Crippen LogP contribution in [0.2, 0.25) is 0 Å². The number of sulfonamides is 1. The van der Waals surface area contributed by atoms with Crippen LogP contribution in [0, 0.1) is 0 Å². The molecule has 0 atom stereocenters. The standard InChI is InChI=1S/C10H15BrN2O2S2/c1-13(5-6-16-2)17(14,15)10-4-3-8(11)7-9(10)12/h3-4,7H,5-6,12H2,1-2H3. The fourth-order valence-corrected chi connectivity index (χ4v) is 3.48. The van der Waals surface area contributed by atoms with E-state index in [2.05, 4.69) is 15.9 Å². The Morgan fingerprint density at radius 1 is 1.47 bits per heavy atom. The number of anilines is 1. The maximum Gasteiger partial charge on any atom is 0.244 e. The fourth-order valence-electron chi connectivity index (χ4n) is 1.26. The molecule has 0 amide bonds. The lowest BCUT2D eigenvalue weighted by Gasteiger charge is -2.17. The van der Waals surface area contributed by atoms with Gasteiger partial charge in [0.25, 0.3) is 0 Å². The Bertz CT molecular complexity index is 491. The number of rotatable bonds is 5. The third kappa shape index (κ3) is 3.61. The summed E-state index contributed by atoms with van der Waals surface area (Å²) in [7, 11) is -1.92. The van der Waals surface area contributed by atoms with Crippen molar-refractivity contribution < 1.29 is 8.42 Å². The van der Waals surface area contributed by atoms with Gasteiger partial charge in [0.2, 0.25) is 10.0 Å². The first-order valence-electron chi connectivity index (χ1n) is 4.90. The van der Waals surface area contributed by atoms with Crippen LogP contribution in [0.5, 0.6) is 0 Å². The minimum atomic E-state index is -3.48. The molecule has 0 unspecified atom stereocenters. The molecule has 0 bridgehead atoms. The van der Waals surface area contributed by atoms with Gasteiger partial charge in [0.1, 0.15) is 4.90 Å². The summed E-state index contributed by atoms with van der Waals surface area (Å²) in [4.78, 5) is 0.157. The zero-order valence-corrected chi connectivity index (χ0v) is 12.9. The van der Waals surface area contributed by atoms with E-state index < -0.39 is 10.0 Å². The van der Waals surface area contributed by atoms with Crippen molar-refractivity contribution in [2.24, 2.45) is 0 Å². The second kappa shape index (κ2) is 6.08. The van der Waals surface area contributed by atoms with E-state index in [1.54, 1.807) is 30.9 Å². The van der Waals surface area contributed by atoms with Crippen molar-refractivity contribution in [3.8, 4) is 0 Å². The summed E-state index contributed by atoms with van der Waals surface area (Å²) < 4.78 is 26.5. The number of hydrogen-bond donors (Lipinski definition) is 1. The lowest BCUT2D eigenvalue weighted by Crippen LogP contribution is -2.29. The molecular formula is C10H15BrN2O2S2. The molecule has 7 heteroatoms. The number of benzene rings is 1. The molecule has 0 radical (unpaired) electrons. The van der Waals surface area contributed by atoms with Crippen molar-refractivity contribution in [1.82, 2.24) is 4.31 Å². The molecule has 2 N–H and O–H groups in total. The Labute approximate surface area is 115 Å². The van der Waals surface area contributed by atoms with Crippen molar-refractivity contribution in [2.45, 2.75) is 4.90 Å². The van der Waals surface area contributed by atoms with Crippen LogP contribution in [0.15, 0.2) is 27.6 Å². The molecular weight excluding hydrogens is 324 g/mol. The number of halogens is 1. The largest absolute Gasteiger partial charge is 0.398 e. The summed E-state index contributed by atoms with van der Waals surface area (Å²) in [5.41, 5.74) is 5.99. The Morgan fingerprint density at radius 3 is 2.65 bits per heavy atom. The third-order valence-corrected chi connectivity index (χ3v) is 5.29. The molecule has 0 aliphatic heterocycles. The van der Waals surface area contributed by atoms with E-state index in [1.165, 1.54) is 10.4 Å². The van der Waals surface area contributed by atoms with E-state index in [0.29, 0.717) is 6.54 Å². The first-order chi connectivity index (χ1) is 7.89. The molecule has 0 saturated carbocycles. The van der Waals surface area contributed by atoms with Gasteiger partial charge < -0.3 is 5.73 Å². The smallest absolute Gasteiger partial charge is 0.244 e. The van der Waals surface area contributed by atoms with E-state index in [0.717, 1.165) is 10.2 Å². The zero-order valence-electron chi connectivity index (χ0n) is 9.68. The van der Waals surface area contributed by atoms with Crippen LogP contribution in [0.3, 0.4) is 0 Å². The SMILES string of the molecule is CSCCN(C)S(=O)(=O)c1ccc(Br)cc1N. The van der Waals surface area contributed by atoms with Crippen LogP contribution in [0.25, 0.3) is 0 Å². The molecule has 1 aromatic rings. The van der Waals surface area contributed by atoms with E-state index in [-0.39, 0.29) is 10.6 Å². The van der Waals surface area contributed by atoms with Gasteiger partial charge >= 0.3 is 0 Å². The molecule has 0 aromatic heterocycles. The monoisotopic (exact) mass is 338 g/mol. The number of hydrogen-bond acceptors (Lipinski definition) is 4. The van der Waals surface area contributed by atoms with Crippen LogP contribution in [-0.4, -0.2) is 38.3 Å². The van der Waals surface area contributed by atoms with Gasteiger partial charge in [-0.25, -0.2) is 12.7 Å². The van der Waals surface area contributed by atoms with Crippen LogP contribution in [0.4, 0.5) is 5.69 Å². The topological polar surface area (TPSA) is 63.4 Å². The van der Waals surface area contributed by atoms with Crippen LogP contribution in [0.1, 0.15) is 0 Å². The summed E-state index contributed by atoms with van der Waals surface area (Å²) in [6.45, 7) is 0.471. The van der Waals surface area contributed by atoms with Gasteiger partial charge in [-0.2, -0.15) is 11.8 Å². The Balaban J connectivity index is 3.04. The molecule has 1 rings (SSSR count). The summed E-state index contributed by atoms with van der Waals surface area (Å²) >= 11 is 4.85. The van der Waals surface area contributed by atoms with Crippen LogP contribution < -0.4 is 5.73 Å². The third-order valence-electron chi connectivity index (χ3n) is 2.27. The molecule has 4 nitrogen and oxygen atoms in total. The van der Waals surface area contributed by atoms with Gasteiger partial charge in [-0.3, -0.25) is 0 Å². The predicted octanol–water partition coefficient (Wildman–Crippen LogP) is 2.01. The molecule has 0 aliphatic rings. The molecule has 0 heterocycles. The number of nitrogen functional groups attached to an aromatic ring is 1. The predicted molar refractivity (Wildman–Crippen MR) is 76.8 cm³/mol.